The second kappa shape index (κ2) is 8.87. The molecule has 0 aliphatic carbocycles. The molecule has 1 aromatic heterocycles. The van der Waals surface area contributed by atoms with Crippen molar-refractivity contribution in [1.29, 1.82) is 0 Å². The number of furan rings is 1. The quantitative estimate of drug-likeness (QED) is 0.580. The summed E-state index contributed by atoms with van der Waals surface area (Å²) in [7, 11) is 0.588. The molecule has 0 aliphatic heterocycles. The summed E-state index contributed by atoms with van der Waals surface area (Å²) in [4.78, 5) is 26.1. The number of carbonyl (C=O) groups excluding carboxylic acids is 2. The second-order valence-corrected chi connectivity index (χ2v) is 9.06. The first kappa shape index (κ1) is 23.1. The zero-order valence-corrected chi connectivity index (χ0v) is 18.7. The first-order chi connectivity index (χ1) is 15.1. The van der Waals surface area contributed by atoms with Gasteiger partial charge in [-0.05, 0) is 30.3 Å². The number of rotatable bonds is 6. The summed E-state index contributed by atoms with van der Waals surface area (Å²) >= 11 is 0. The lowest BCUT2D eigenvalue weighted by Gasteiger charge is -2.23. The van der Waals surface area contributed by atoms with E-state index >= 15 is 0 Å². The maximum absolute atomic E-state index is 13.4. The third-order valence-electron chi connectivity index (χ3n) is 4.66. The van der Waals surface area contributed by atoms with Crippen LogP contribution in [0.1, 0.15) is 10.4 Å². The molecule has 3 amide bonds. The number of halogens is 1. The molecule has 0 saturated carbocycles. The monoisotopic (exact) mass is 463 g/mol. The topological polar surface area (TPSA) is 118 Å². The molecule has 32 heavy (non-hydrogen) atoms. The van der Waals surface area contributed by atoms with E-state index in [-0.39, 0.29) is 28.3 Å². The molecule has 170 valence electrons. The van der Waals surface area contributed by atoms with Gasteiger partial charge in [-0.1, -0.05) is 0 Å². The molecule has 0 fully saturated rings. The normalized spacial score (nSPS) is 11.3. The van der Waals surface area contributed by atoms with E-state index in [0.29, 0.717) is 10.9 Å². The Bertz CT molecular complexity index is 1290. The van der Waals surface area contributed by atoms with E-state index in [1.165, 1.54) is 57.6 Å². The average molecular weight is 463 g/mol. The zero-order chi connectivity index (χ0) is 23.6. The Morgan fingerprint density at radius 3 is 2.31 bits per heavy atom. The van der Waals surface area contributed by atoms with E-state index in [1.807, 2.05) is 0 Å². The number of urea groups is 1. The van der Waals surface area contributed by atoms with E-state index in [9.17, 15) is 22.4 Å². The van der Waals surface area contributed by atoms with Crippen LogP contribution in [0.15, 0.2) is 40.8 Å². The number of nitrogens with zero attached hydrogens (tertiary/aromatic N) is 1. The number of hydrogen-bond donors (Lipinski definition) is 2. The number of amides is 3. The lowest BCUT2D eigenvalue weighted by Crippen LogP contribution is -2.41. The standard InChI is InChI=1S/C21H22FN3O6S/c1-23-20(26)18-14-9-17(30-3)15(25(21(27)24-2)11-32(4,28)29)10-16(14)31-19(18)12-5-7-13(22)8-6-12/h5-10H,11H2,1-4H3,(H,23,26)(H,24,27). The van der Waals surface area contributed by atoms with Crippen LogP contribution in [0.3, 0.4) is 0 Å². The van der Waals surface area contributed by atoms with Crippen LogP contribution in [0.2, 0.25) is 0 Å². The van der Waals surface area contributed by atoms with E-state index in [0.717, 1.165) is 11.2 Å². The molecule has 0 saturated heterocycles. The third-order valence-corrected chi connectivity index (χ3v) is 5.39. The Balaban J connectivity index is 2.31. The van der Waals surface area contributed by atoms with Gasteiger partial charge in [0.15, 0.2) is 9.84 Å². The van der Waals surface area contributed by atoms with Crippen molar-refractivity contribution < 1.29 is 31.6 Å². The summed E-state index contributed by atoms with van der Waals surface area (Å²) in [6.45, 7) is 0. The highest BCUT2D eigenvalue weighted by Gasteiger charge is 2.27. The highest BCUT2D eigenvalue weighted by molar-refractivity contribution is 7.90. The number of nitrogens with one attached hydrogen (secondary N) is 2. The maximum atomic E-state index is 13.4. The maximum Gasteiger partial charge on any atom is 0.322 e. The van der Waals surface area contributed by atoms with Gasteiger partial charge in [-0.2, -0.15) is 0 Å². The van der Waals surface area contributed by atoms with Crippen molar-refractivity contribution in [3.63, 3.8) is 0 Å². The molecule has 0 aliphatic rings. The van der Waals surface area contributed by atoms with Crippen molar-refractivity contribution in [3.05, 3.63) is 47.8 Å². The predicted octanol–water partition coefficient (Wildman–Crippen LogP) is 2.76. The Labute approximate surface area is 184 Å². The van der Waals surface area contributed by atoms with Gasteiger partial charge < -0.3 is 19.8 Å². The number of benzene rings is 2. The van der Waals surface area contributed by atoms with Crippen LogP contribution in [0.5, 0.6) is 5.75 Å². The van der Waals surface area contributed by atoms with Crippen LogP contribution < -0.4 is 20.3 Å². The first-order valence-corrected chi connectivity index (χ1v) is 11.4. The SMILES string of the molecule is CNC(=O)c1c(-c2ccc(F)cc2)oc2cc(N(CS(C)(=O)=O)C(=O)NC)c(OC)cc12. The number of ether oxygens (including phenoxy) is 1. The fourth-order valence-electron chi connectivity index (χ4n) is 3.25. The zero-order valence-electron chi connectivity index (χ0n) is 17.9. The van der Waals surface area contributed by atoms with Gasteiger partial charge in [0.2, 0.25) is 0 Å². The fourth-order valence-corrected chi connectivity index (χ4v) is 3.97. The van der Waals surface area contributed by atoms with Crippen molar-refractivity contribution in [3.8, 4) is 17.1 Å². The molecule has 3 aromatic rings. The second-order valence-electron chi connectivity index (χ2n) is 6.95. The molecule has 2 N–H and O–H groups in total. The third kappa shape index (κ3) is 4.52. The molecule has 9 nitrogen and oxygen atoms in total. The molecule has 0 bridgehead atoms. The Kier molecular flexibility index (Phi) is 6.40. The van der Waals surface area contributed by atoms with Crippen LogP contribution in [0, 0.1) is 5.82 Å². The molecule has 11 heteroatoms. The van der Waals surface area contributed by atoms with Crippen LogP contribution in [-0.4, -0.2) is 53.7 Å². The molecular formula is C21H22FN3O6S. The van der Waals surface area contributed by atoms with Gasteiger partial charge in [0, 0.05) is 37.4 Å². The first-order valence-electron chi connectivity index (χ1n) is 9.39. The molecule has 0 spiro atoms. The van der Waals surface area contributed by atoms with Crippen molar-refractivity contribution in [2.24, 2.45) is 0 Å². The van der Waals surface area contributed by atoms with E-state index < -0.39 is 33.5 Å². The van der Waals surface area contributed by atoms with Gasteiger partial charge in [-0.25, -0.2) is 17.6 Å². The number of hydrogen-bond acceptors (Lipinski definition) is 6. The summed E-state index contributed by atoms with van der Waals surface area (Å²) in [5.74, 6) is -1.16. The minimum absolute atomic E-state index is 0.132. The molecule has 0 atom stereocenters. The number of fused-ring (bicyclic) bond motifs is 1. The summed E-state index contributed by atoms with van der Waals surface area (Å²) in [5.41, 5.74) is 0.989. The number of sulfone groups is 1. The average Bonchev–Trinajstić information content (AvgIpc) is 3.13. The van der Waals surface area contributed by atoms with Gasteiger partial charge in [0.05, 0.1) is 18.4 Å². The predicted molar refractivity (Wildman–Crippen MR) is 118 cm³/mol. The fraction of sp³-hybridized carbons (Fsp3) is 0.238. The lowest BCUT2D eigenvalue weighted by atomic mass is 10.0. The minimum atomic E-state index is -3.59. The Morgan fingerprint density at radius 2 is 1.78 bits per heavy atom. The van der Waals surface area contributed by atoms with Crippen molar-refractivity contribution in [2.45, 2.75) is 0 Å². The largest absolute Gasteiger partial charge is 0.495 e. The molecular weight excluding hydrogens is 441 g/mol. The number of methoxy groups -OCH3 is 1. The molecule has 0 radical (unpaired) electrons. The minimum Gasteiger partial charge on any atom is -0.495 e. The number of anilines is 1. The lowest BCUT2D eigenvalue weighted by molar-refractivity contribution is 0.0964. The smallest absolute Gasteiger partial charge is 0.322 e. The van der Waals surface area contributed by atoms with E-state index in [2.05, 4.69) is 10.6 Å². The van der Waals surface area contributed by atoms with E-state index in [1.54, 1.807) is 0 Å². The van der Waals surface area contributed by atoms with Crippen LogP contribution in [0.25, 0.3) is 22.3 Å². The van der Waals surface area contributed by atoms with Gasteiger partial charge in [0.25, 0.3) is 5.91 Å². The van der Waals surface area contributed by atoms with Crippen LogP contribution in [-0.2, 0) is 9.84 Å². The van der Waals surface area contributed by atoms with Crippen molar-refractivity contribution >= 4 is 38.4 Å². The summed E-state index contributed by atoms with van der Waals surface area (Å²) < 4.78 is 48.6. The van der Waals surface area contributed by atoms with Gasteiger partial charge >= 0.3 is 6.03 Å². The van der Waals surface area contributed by atoms with Gasteiger partial charge in [-0.3, -0.25) is 9.69 Å². The van der Waals surface area contributed by atoms with E-state index in [4.69, 9.17) is 9.15 Å². The van der Waals surface area contributed by atoms with Crippen LogP contribution >= 0.6 is 0 Å². The Hall–Kier alpha value is -3.60. The summed E-state index contributed by atoms with van der Waals surface area (Å²) in [6.07, 6.45) is 0.997. The molecule has 1 heterocycles. The van der Waals surface area contributed by atoms with Crippen LogP contribution in [0.4, 0.5) is 14.9 Å². The molecule has 2 aromatic carbocycles. The highest BCUT2D eigenvalue weighted by Crippen LogP contribution is 2.40. The highest BCUT2D eigenvalue weighted by atomic mass is 32.2. The van der Waals surface area contributed by atoms with Gasteiger partial charge in [-0.15, -0.1) is 0 Å². The van der Waals surface area contributed by atoms with Crippen molar-refractivity contribution in [1.82, 2.24) is 10.6 Å². The number of carbonyl (C=O) groups is 2. The molecule has 0 unspecified atom stereocenters. The van der Waals surface area contributed by atoms with Gasteiger partial charge in [0.1, 0.15) is 28.8 Å². The Morgan fingerprint density at radius 1 is 1.12 bits per heavy atom. The van der Waals surface area contributed by atoms with Crippen molar-refractivity contribution in [2.75, 3.05) is 38.2 Å². The molecule has 3 rings (SSSR count). The summed E-state index contributed by atoms with van der Waals surface area (Å²) in [5, 5.41) is 5.32. The summed E-state index contributed by atoms with van der Waals surface area (Å²) in [6, 6.07) is 7.65.